The number of hydrogen-bond donors (Lipinski definition) is 2. The Labute approximate surface area is 123 Å². The molecule has 19 heavy (non-hydrogen) atoms. The number of aromatic amines is 1. The second-order valence-corrected chi connectivity index (χ2v) is 5.52. The highest BCUT2D eigenvalue weighted by Gasteiger charge is 2.28. The van der Waals surface area contributed by atoms with Crippen LogP contribution in [0.4, 0.5) is 5.95 Å². The molecule has 2 aromatic rings. The molecule has 3 N–H and O–H groups in total. The first-order valence-electron chi connectivity index (χ1n) is 5.82. The SMILES string of the molecule is CN1CCc2[nH]c(-c3ccnc(N)n3)c(I)c2C1=O. The van der Waals surface area contributed by atoms with E-state index in [1.54, 1.807) is 17.2 Å². The number of nitrogens with two attached hydrogens (primary N) is 1. The highest BCUT2D eigenvalue weighted by atomic mass is 127. The van der Waals surface area contributed by atoms with Crippen molar-refractivity contribution >= 4 is 34.4 Å². The van der Waals surface area contributed by atoms with Crippen LogP contribution in [0, 0.1) is 3.57 Å². The molecule has 1 amide bonds. The average molecular weight is 369 g/mol. The normalized spacial score (nSPS) is 14.6. The van der Waals surface area contributed by atoms with Crippen LogP contribution in [0.2, 0.25) is 0 Å². The van der Waals surface area contributed by atoms with Gasteiger partial charge in [-0.25, -0.2) is 9.97 Å². The number of aromatic nitrogens is 3. The molecule has 3 heterocycles. The smallest absolute Gasteiger partial charge is 0.256 e. The van der Waals surface area contributed by atoms with Gasteiger partial charge in [-0.3, -0.25) is 4.79 Å². The van der Waals surface area contributed by atoms with Gasteiger partial charge < -0.3 is 15.6 Å². The number of rotatable bonds is 1. The number of fused-ring (bicyclic) bond motifs is 1. The fraction of sp³-hybridized carbons (Fsp3) is 0.250. The Morgan fingerprint density at radius 2 is 2.32 bits per heavy atom. The Hall–Kier alpha value is -1.64. The van der Waals surface area contributed by atoms with Crippen molar-refractivity contribution in [2.24, 2.45) is 0 Å². The van der Waals surface area contributed by atoms with E-state index in [4.69, 9.17) is 5.73 Å². The molecular formula is C12H12IN5O. The number of nitrogens with one attached hydrogen (secondary N) is 1. The Morgan fingerprint density at radius 3 is 3.05 bits per heavy atom. The molecule has 0 radical (unpaired) electrons. The quantitative estimate of drug-likeness (QED) is 0.742. The van der Waals surface area contributed by atoms with E-state index >= 15 is 0 Å². The van der Waals surface area contributed by atoms with Crippen LogP contribution in [0.15, 0.2) is 12.3 Å². The summed E-state index contributed by atoms with van der Waals surface area (Å²) >= 11 is 2.18. The summed E-state index contributed by atoms with van der Waals surface area (Å²) in [6, 6.07) is 1.78. The number of carbonyl (C=O) groups is 1. The van der Waals surface area contributed by atoms with E-state index < -0.39 is 0 Å². The largest absolute Gasteiger partial charge is 0.368 e. The molecule has 0 atom stereocenters. The van der Waals surface area contributed by atoms with Gasteiger partial charge >= 0.3 is 0 Å². The molecule has 1 aliphatic heterocycles. The summed E-state index contributed by atoms with van der Waals surface area (Å²) in [5, 5.41) is 0. The number of hydrogen-bond acceptors (Lipinski definition) is 4. The molecule has 0 aliphatic carbocycles. The molecule has 0 unspecified atom stereocenters. The molecular weight excluding hydrogens is 357 g/mol. The molecule has 0 aromatic carbocycles. The molecule has 0 saturated heterocycles. The number of H-pyrrole nitrogens is 1. The van der Waals surface area contributed by atoms with Crippen LogP contribution in [0.25, 0.3) is 11.4 Å². The molecule has 98 valence electrons. The Bertz CT molecular complexity index is 666. The summed E-state index contributed by atoms with van der Waals surface area (Å²) in [6.45, 7) is 0.730. The van der Waals surface area contributed by atoms with Gasteiger partial charge in [0.05, 0.1) is 20.5 Å². The summed E-state index contributed by atoms with van der Waals surface area (Å²) in [4.78, 5) is 25.3. The minimum atomic E-state index is 0.0511. The number of anilines is 1. The van der Waals surface area contributed by atoms with Gasteiger partial charge in [0.2, 0.25) is 5.95 Å². The van der Waals surface area contributed by atoms with Crippen molar-refractivity contribution in [1.29, 1.82) is 0 Å². The van der Waals surface area contributed by atoms with Gasteiger partial charge in [-0.1, -0.05) is 0 Å². The lowest BCUT2D eigenvalue weighted by molar-refractivity contribution is 0.0779. The molecule has 0 bridgehead atoms. The van der Waals surface area contributed by atoms with Gasteiger partial charge in [0, 0.05) is 31.9 Å². The summed E-state index contributed by atoms with van der Waals surface area (Å²) in [5.74, 6) is 0.277. The first-order valence-corrected chi connectivity index (χ1v) is 6.90. The third-order valence-corrected chi connectivity index (χ3v) is 4.28. The molecule has 6 nitrogen and oxygen atoms in total. The minimum absolute atomic E-state index is 0.0511. The lowest BCUT2D eigenvalue weighted by Crippen LogP contribution is -2.34. The van der Waals surface area contributed by atoms with Gasteiger partial charge in [-0.15, -0.1) is 0 Å². The van der Waals surface area contributed by atoms with E-state index in [1.807, 2.05) is 7.05 Å². The van der Waals surface area contributed by atoms with E-state index in [-0.39, 0.29) is 11.9 Å². The summed E-state index contributed by atoms with van der Waals surface area (Å²) < 4.78 is 0.891. The van der Waals surface area contributed by atoms with E-state index in [1.165, 1.54) is 0 Å². The highest BCUT2D eigenvalue weighted by Crippen LogP contribution is 2.31. The fourth-order valence-corrected chi connectivity index (χ4v) is 3.17. The number of nitrogens with zero attached hydrogens (tertiary/aromatic N) is 3. The zero-order valence-corrected chi connectivity index (χ0v) is 12.4. The Kier molecular flexibility index (Phi) is 2.92. The molecule has 2 aromatic heterocycles. The van der Waals surface area contributed by atoms with Gasteiger partial charge in [-0.2, -0.15) is 0 Å². The third kappa shape index (κ3) is 1.97. The van der Waals surface area contributed by atoms with Crippen LogP contribution in [0.1, 0.15) is 16.1 Å². The molecule has 0 fully saturated rings. The predicted molar refractivity (Wildman–Crippen MR) is 79.6 cm³/mol. The molecule has 7 heteroatoms. The lowest BCUT2D eigenvalue weighted by Gasteiger charge is -2.22. The van der Waals surface area contributed by atoms with Crippen molar-refractivity contribution in [2.75, 3.05) is 19.3 Å². The van der Waals surface area contributed by atoms with Crippen LogP contribution in [0.3, 0.4) is 0 Å². The van der Waals surface area contributed by atoms with Crippen LogP contribution in [0.5, 0.6) is 0 Å². The lowest BCUT2D eigenvalue weighted by atomic mass is 10.1. The van der Waals surface area contributed by atoms with Crippen molar-refractivity contribution in [1.82, 2.24) is 19.9 Å². The van der Waals surface area contributed by atoms with Crippen molar-refractivity contribution in [2.45, 2.75) is 6.42 Å². The molecule has 3 rings (SSSR count). The monoisotopic (exact) mass is 369 g/mol. The maximum Gasteiger partial charge on any atom is 0.256 e. The standard InChI is InChI=1S/C12H12IN5O/c1-18-5-3-6-8(11(18)19)9(13)10(16-6)7-2-4-15-12(14)17-7/h2,4,16H,3,5H2,1H3,(H2,14,15,17). The predicted octanol–water partition coefficient (Wildman–Crippen LogP) is 1.29. The number of amides is 1. The zero-order chi connectivity index (χ0) is 13.6. The van der Waals surface area contributed by atoms with Gasteiger partial charge in [0.25, 0.3) is 5.91 Å². The van der Waals surface area contributed by atoms with Gasteiger partial charge in [0.15, 0.2) is 0 Å². The average Bonchev–Trinajstić information content (AvgIpc) is 2.72. The minimum Gasteiger partial charge on any atom is -0.368 e. The number of nitrogen functional groups attached to an aromatic ring is 1. The van der Waals surface area contributed by atoms with Crippen LogP contribution in [-0.2, 0) is 6.42 Å². The number of halogens is 1. The highest BCUT2D eigenvalue weighted by molar-refractivity contribution is 14.1. The summed E-state index contributed by atoms with van der Waals surface area (Å²) in [7, 11) is 1.82. The second kappa shape index (κ2) is 4.48. The van der Waals surface area contributed by atoms with Crippen molar-refractivity contribution in [3.63, 3.8) is 0 Å². The molecule has 0 spiro atoms. The first kappa shape index (κ1) is 12.4. The van der Waals surface area contributed by atoms with E-state index in [0.717, 1.165) is 33.5 Å². The van der Waals surface area contributed by atoms with Crippen molar-refractivity contribution in [3.05, 3.63) is 27.1 Å². The van der Waals surface area contributed by atoms with Gasteiger partial charge in [0.1, 0.15) is 0 Å². The topological polar surface area (TPSA) is 87.9 Å². The van der Waals surface area contributed by atoms with E-state index in [2.05, 4.69) is 37.5 Å². The summed E-state index contributed by atoms with van der Waals surface area (Å²) in [5.41, 5.74) is 8.87. The summed E-state index contributed by atoms with van der Waals surface area (Å²) in [6.07, 6.45) is 2.44. The van der Waals surface area contributed by atoms with Crippen molar-refractivity contribution < 1.29 is 4.79 Å². The molecule has 0 saturated carbocycles. The van der Waals surface area contributed by atoms with Crippen LogP contribution < -0.4 is 5.73 Å². The van der Waals surface area contributed by atoms with E-state index in [0.29, 0.717) is 5.69 Å². The maximum atomic E-state index is 12.2. The second-order valence-electron chi connectivity index (χ2n) is 4.44. The molecule has 1 aliphatic rings. The van der Waals surface area contributed by atoms with Gasteiger partial charge in [-0.05, 0) is 28.7 Å². The van der Waals surface area contributed by atoms with E-state index in [9.17, 15) is 4.79 Å². The Balaban J connectivity index is 2.15. The van der Waals surface area contributed by atoms with Crippen LogP contribution >= 0.6 is 22.6 Å². The zero-order valence-electron chi connectivity index (χ0n) is 10.3. The number of likely N-dealkylation sites (N-methyl/N-ethyl adjacent to an activating group) is 1. The Morgan fingerprint density at radius 1 is 1.53 bits per heavy atom. The third-order valence-electron chi connectivity index (χ3n) is 3.20. The fourth-order valence-electron chi connectivity index (χ4n) is 2.20. The van der Waals surface area contributed by atoms with Crippen LogP contribution in [-0.4, -0.2) is 39.4 Å². The number of carbonyl (C=O) groups excluding carboxylic acids is 1. The maximum absolute atomic E-state index is 12.2. The first-order chi connectivity index (χ1) is 9.08. The van der Waals surface area contributed by atoms with Crippen molar-refractivity contribution in [3.8, 4) is 11.4 Å².